The number of aromatic nitrogens is 1. The van der Waals surface area contributed by atoms with Crippen LogP contribution in [0.2, 0.25) is 0 Å². The predicted molar refractivity (Wildman–Crippen MR) is 74.4 cm³/mol. The lowest BCUT2D eigenvalue weighted by molar-refractivity contribution is 0.821. The minimum atomic E-state index is 0.929. The highest BCUT2D eigenvalue weighted by Gasteiger charge is 2.07. The van der Waals surface area contributed by atoms with E-state index in [1.807, 2.05) is 7.05 Å². The minimum absolute atomic E-state index is 0.929. The number of aromatic amines is 1. The van der Waals surface area contributed by atoms with E-state index in [4.69, 9.17) is 0 Å². The highest BCUT2D eigenvalue weighted by atomic mass is 32.1. The Morgan fingerprint density at radius 1 is 1.29 bits per heavy atom. The summed E-state index contributed by atoms with van der Waals surface area (Å²) in [5, 5.41) is 6.69. The summed E-state index contributed by atoms with van der Waals surface area (Å²) in [7, 11) is 1.98. The molecular formula is C14H14N2S. The van der Waals surface area contributed by atoms with Crippen LogP contribution in [0.5, 0.6) is 0 Å². The van der Waals surface area contributed by atoms with Gasteiger partial charge in [0.15, 0.2) is 0 Å². The first-order chi connectivity index (χ1) is 8.38. The van der Waals surface area contributed by atoms with Crippen molar-refractivity contribution in [2.24, 2.45) is 0 Å². The molecule has 1 aromatic carbocycles. The highest BCUT2D eigenvalue weighted by Crippen LogP contribution is 2.32. The van der Waals surface area contributed by atoms with Crippen molar-refractivity contribution in [2.45, 2.75) is 6.54 Å². The lowest BCUT2D eigenvalue weighted by Crippen LogP contribution is -2.03. The van der Waals surface area contributed by atoms with E-state index in [1.165, 1.54) is 26.9 Å². The monoisotopic (exact) mass is 242 g/mol. The average Bonchev–Trinajstić information content (AvgIpc) is 2.95. The molecule has 17 heavy (non-hydrogen) atoms. The molecule has 3 heteroatoms. The zero-order chi connectivity index (χ0) is 11.7. The Labute approximate surface area is 104 Å². The third-order valence-electron chi connectivity index (χ3n) is 2.89. The second kappa shape index (κ2) is 4.35. The van der Waals surface area contributed by atoms with E-state index in [0.29, 0.717) is 0 Å². The maximum atomic E-state index is 3.32. The predicted octanol–water partition coefficient (Wildman–Crippen LogP) is 3.62. The van der Waals surface area contributed by atoms with Crippen LogP contribution in [0.4, 0.5) is 0 Å². The molecule has 0 amide bonds. The molecule has 0 fully saturated rings. The van der Waals surface area contributed by atoms with Gasteiger partial charge in [0, 0.05) is 34.1 Å². The molecule has 0 aliphatic heterocycles. The Balaban J connectivity index is 2.07. The second-order valence-corrected chi connectivity index (χ2v) is 5.01. The zero-order valence-corrected chi connectivity index (χ0v) is 10.5. The van der Waals surface area contributed by atoms with E-state index in [1.54, 1.807) is 11.3 Å². The van der Waals surface area contributed by atoms with Crippen LogP contribution in [-0.4, -0.2) is 12.0 Å². The molecule has 0 unspecified atom stereocenters. The fourth-order valence-corrected chi connectivity index (χ4v) is 3.03. The number of hydrogen-bond acceptors (Lipinski definition) is 2. The fraction of sp³-hybridized carbons (Fsp3) is 0.143. The first kappa shape index (κ1) is 10.6. The van der Waals surface area contributed by atoms with Crippen molar-refractivity contribution in [3.63, 3.8) is 0 Å². The lowest BCUT2D eigenvalue weighted by atomic mass is 10.1. The number of hydrogen-bond donors (Lipinski definition) is 2. The SMILES string of the molecule is CNCc1csc(-c2c[nH]c3ccccc23)c1. The average molecular weight is 242 g/mol. The molecule has 0 saturated heterocycles. The Morgan fingerprint density at radius 3 is 3.06 bits per heavy atom. The van der Waals surface area contributed by atoms with E-state index in [-0.39, 0.29) is 0 Å². The number of nitrogens with one attached hydrogen (secondary N) is 2. The molecule has 0 spiro atoms. The summed E-state index contributed by atoms with van der Waals surface area (Å²) in [4.78, 5) is 4.65. The van der Waals surface area contributed by atoms with Gasteiger partial charge in [-0.05, 0) is 30.1 Å². The van der Waals surface area contributed by atoms with E-state index < -0.39 is 0 Å². The molecule has 2 heterocycles. The van der Waals surface area contributed by atoms with Gasteiger partial charge in [0.05, 0.1) is 0 Å². The van der Waals surface area contributed by atoms with E-state index in [2.05, 4.69) is 52.2 Å². The standard InChI is InChI=1S/C14H14N2S/c1-15-7-10-6-14(17-9-10)12-8-16-13-5-3-2-4-11(12)13/h2-6,8-9,15-16H,7H2,1H3. The van der Waals surface area contributed by atoms with Crippen LogP contribution in [0.1, 0.15) is 5.56 Å². The first-order valence-corrected chi connectivity index (χ1v) is 6.55. The number of rotatable bonds is 3. The van der Waals surface area contributed by atoms with Gasteiger partial charge in [0.25, 0.3) is 0 Å². The summed E-state index contributed by atoms with van der Waals surface area (Å²) >= 11 is 1.80. The third-order valence-corrected chi connectivity index (χ3v) is 3.90. The van der Waals surface area contributed by atoms with Gasteiger partial charge in [-0.15, -0.1) is 11.3 Å². The van der Waals surface area contributed by atoms with Gasteiger partial charge in [0.2, 0.25) is 0 Å². The number of fused-ring (bicyclic) bond motifs is 1. The van der Waals surface area contributed by atoms with Gasteiger partial charge in [0.1, 0.15) is 0 Å². The van der Waals surface area contributed by atoms with Crippen molar-refractivity contribution in [2.75, 3.05) is 7.05 Å². The van der Waals surface area contributed by atoms with Gasteiger partial charge >= 0.3 is 0 Å². The lowest BCUT2D eigenvalue weighted by Gasteiger charge is -1.94. The van der Waals surface area contributed by atoms with Crippen LogP contribution in [0, 0.1) is 0 Å². The van der Waals surface area contributed by atoms with Crippen molar-refractivity contribution in [3.05, 3.63) is 47.5 Å². The number of H-pyrrole nitrogens is 1. The van der Waals surface area contributed by atoms with Crippen LogP contribution in [0.3, 0.4) is 0 Å². The molecule has 3 aromatic rings. The van der Waals surface area contributed by atoms with Crippen molar-refractivity contribution < 1.29 is 0 Å². The van der Waals surface area contributed by atoms with Crippen molar-refractivity contribution in [1.82, 2.24) is 10.3 Å². The fourth-order valence-electron chi connectivity index (χ4n) is 2.09. The van der Waals surface area contributed by atoms with Gasteiger partial charge in [-0.25, -0.2) is 0 Å². The Bertz CT molecular complexity index is 636. The first-order valence-electron chi connectivity index (χ1n) is 5.67. The number of thiophene rings is 1. The molecule has 86 valence electrons. The zero-order valence-electron chi connectivity index (χ0n) is 9.66. The normalized spacial score (nSPS) is 11.1. The van der Waals surface area contributed by atoms with Crippen LogP contribution in [0.25, 0.3) is 21.3 Å². The third kappa shape index (κ3) is 1.88. The Hall–Kier alpha value is -1.58. The van der Waals surface area contributed by atoms with E-state index in [9.17, 15) is 0 Å². The van der Waals surface area contributed by atoms with Crippen LogP contribution in [0.15, 0.2) is 41.9 Å². The van der Waals surface area contributed by atoms with Gasteiger partial charge < -0.3 is 10.3 Å². The second-order valence-electron chi connectivity index (χ2n) is 4.10. The van der Waals surface area contributed by atoms with Crippen molar-refractivity contribution in [1.29, 1.82) is 0 Å². The maximum absolute atomic E-state index is 3.32. The molecule has 0 aliphatic rings. The molecule has 0 radical (unpaired) electrons. The van der Waals surface area contributed by atoms with E-state index in [0.717, 1.165) is 6.54 Å². The summed E-state index contributed by atoms with van der Waals surface area (Å²) in [6.45, 7) is 0.929. The van der Waals surface area contributed by atoms with Crippen LogP contribution < -0.4 is 5.32 Å². The maximum Gasteiger partial charge on any atom is 0.0460 e. The Kier molecular flexibility index (Phi) is 2.71. The number of benzene rings is 1. The molecule has 0 atom stereocenters. The van der Waals surface area contributed by atoms with Gasteiger partial charge in [-0.1, -0.05) is 18.2 Å². The summed E-state index contributed by atoms with van der Waals surface area (Å²) in [6.07, 6.45) is 2.10. The number of para-hydroxylation sites is 1. The van der Waals surface area contributed by atoms with Gasteiger partial charge in [-0.2, -0.15) is 0 Å². The molecular weight excluding hydrogens is 228 g/mol. The van der Waals surface area contributed by atoms with Gasteiger partial charge in [-0.3, -0.25) is 0 Å². The van der Waals surface area contributed by atoms with Crippen molar-refractivity contribution in [3.8, 4) is 10.4 Å². The summed E-state index contributed by atoms with van der Waals surface area (Å²) in [5.41, 5.74) is 3.84. The summed E-state index contributed by atoms with van der Waals surface area (Å²) < 4.78 is 0. The quantitative estimate of drug-likeness (QED) is 0.721. The molecule has 2 N–H and O–H groups in total. The Morgan fingerprint density at radius 2 is 2.18 bits per heavy atom. The summed E-state index contributed by atoms with van der Waals surface area (Å²) in [6, 6.07) is 10.7. The largest absolute Gasteiger partial charge is 0.361 e. The van der Waals surface area contributed by atoms with E-state index >= 15 is 0 Å². The topological polar surface area (TPSA) is 27.8 Å². The van der Waals surface area contributed by atoms with Crippen LogP contribution >= 0.6 is 11.3 Å². The van der Waals surface area contributed by atoms with Crippen LogP contribution in [-0.2, 0) is 6.54 Å². The summed E-state index contributed by atoms with van der Waals surface area (Å²) in [5.74, 6) is 0. The smallest absolute Gasteiger partial charge is 0.0460 e. The molecule has 2 nitrogen and oxygen atoms in total. The minimum Gasteiger partial charge on any atom is -0.361 e. The molecule has 0 bridgehead atoms. The highest BCUT2D eigenvalue weighted by molar-refractivity contribution is 7.13. The molecule has 3 rings (SSSR count). The molecule has 2 aromatic heterocycles. The molecule has 0 saturated carbocycles. The molecule has 0 aliphatic carbocycles. The van der Waals surface area contributed by atoms with Crippen molar-refractivity contribution >= 4 is 22.2 Å².